The van der Waals surface area contributed by atoms with Crippen molar-refractivity contribution in [2.24, 2.45) is 0 Å². The zero-order valence-corrected chi connectivity index (χ0v) is 6.94. The van der Waals surface area contributed by atoms with Gasteiger partial charge in [-0.1, -0.05) is 0 Å². The van der Waals surface area contributed by atoms with E-state index in [-0.39, 0.29) is 18.6 Å². The molecule has 0 spiro atoms. The number of nitrogens with one attached hydrogen (secondary N) is 1. The zero-order valence-electron chi connectivity index (χ0n) is 6.94. The average Bonchev–Trinajstić information content (AvgIpc) is 2.32. The van der Waals surface area contributed by atoms with E-state index in [9.17, 15) is 13.2 Å². The molecular formula is C7H9F3N2O. The molecule has 13 heavy (non-hydrogen) atoms. The first kappa shape index (κ1) is 10.0. The summed E-state index contributed by atoms with van der Waals surface area (Å²) in [5.41, 5.74) is -0.546. The maximum Gasteiger partial charge on any atom is 0.435 e. The van der Waals surface area contributed by atoms with Crippen molar-refractivity contribution in [3.05, 3.63) is 17.0 Å². The Labute approximate surface area is 72.6 Å². The molecule has 0 aliphatic carbocycles. The molecule has 3 nitrogen and oxygen atoms in total. The van der Waals surface area contributed by atoms with Gasteiger partial charge in [-0.3, -0.25) is 5.10 Å². The third kappa shape index (κ3) is 2.00. The zero-order chi connectivity index (χ0) is 10.1. The molecule has 0 amide bonds. The lowest BCUT2D eigenvalue weighted by Gasteiger charge is -2.05. The van der Waals surface area contributed by atoms with Crippen molar-refractivity contribution >= 4 is 0 Å². The summed E-state index contributed by atoms with van der Waals surface area (Å²) in [6, 6.07) is 0. The first-order chi connectivity index (χ1) is 5.96. The molecule has 2 N–H and O–H groups in total. The van der Waals surface area contributed by atoms with Gasteiger partial charge in [0.1, 0.15) is 0 Å². The second-order valence-electron chi connectivity index (χ2n) is 2.65. The highest BCUT2D eigenvalue weighted by Crippen LogP contribution is 2.31. The molecule has 1 aromatic heterocycles. The van der Waals surface area contributed by atoms with Crippen LogP contribution in [-0.4, -0.2) is 21.9 Å². The highest BCUT2D eigenvalue weighted by Gasteiger charge is 2.36. The van der Waals surface area contributed by atoms with Crippen LogP contribution >= 0.6 is 0 Å². The predicted molar refractivity (Wildman–Crippen MR) is 39.1 cm³/mol. The van der Waals surface area contributed by atoms with Crippen LogP contribution in [0.4, 0.5) is 13.2 Å². The first-order valence-electron chi connectivity index (χ1n) is 3.68. The first-order valence-corrected chi connectivity index (χ1v) is 3.68. The van der Waals surface area contributed by atoms with E-state index in [1.807, 2.05) is 0 Å². The van der Waals surface area contributed by atoms with Crippen LogP contribution in [0.2, 0.25) is 0 Å². The van der Waals surface area contributed by atoms with Gasteiger partial charge in [0.25, 0.3) is 0 Å². The minimum Gasteiger partial charge on any atom is -0.396 e. The lowest BCUT2D eigenvalue weighted by Crippen LogP contribution is -2.10. The monoisotopic (exact) mass is 194 g/mol. The van der Waals surface area contributed by atoms with Gasteiger partial charge in [0.2, 0.25) is 0 Å². The number of aromatic amines is 1. The minimum absolute atomic E-state index is 0.0306. The lowest BCUT2D eigenvalue weighted by molar-refractivity contribution is -0.141. The van der Waals surface area contributed by atoms with E-state index >= 15 is 0 Å². The Balaban J connectivity index is 3.07. The summed E-state index contributed by atoms with van der Waals surface area (Å²) in [4.78, 5) is 0. The second-order valence-corrected chi connectivity index (χ2v) is 2.65. The number of alkyl halides is 3. The third-order valence-electron chi connectivity index (χ3n) is 1.70. The number of aliphatic hydroxyl groups is 1. The molecule has 0 unspecified atom stereocenters. The molecule has 0 aliphatic rings. The largest absolute Gasteiger partial charge is 0.435 e. The number of hydrogen-bond acceptors (Lipinski definition) is 2. The molecule has 0 bridgehead atoms. The molecule has 1 rings (SSSR count). The van der Waals surface area contributed by atoms with Crippen LogP contribution in [0.3, 0.4) is 0 Å². The molecule has 0 aromatic carbocycles. The maximum atomic E-state index is 12.2. The summed E-state index contributed by atoms with van der Waals surface area (Å²) < 4.78 is 36.7. The van der Waals surface area contributed by atoms with E-state index in [1.165, 1.54) is 6.92 Å². The van der Waals surface area contributed by atoms with Gasteiger partial charge in [-0.2, -0.15) is 18.3 Å². The van der Waals surface area contributed by atoms with E-state index < -0.39 is 11.9 Å². The van der Waals surface area contributed by atoms with Gasteiger partial charge in [0, 0.05) is 17.9 Å². The Hall–Kier alpha value is -1.04. The summed E-state index contributed by atoms with van der Waals surface area (Å²) in [7, 11) is 0. The molecular weight excluding hydrogens is 185 g/mol. The molecule has 0 saturated heterocycles. The van der Waals surface area contributed by atoms with Crippen molar-refractivity contribution in [3.8, 4) is 0 Å². The molecule has 0 saturated carbocycles. The molecule has 6 heteroatoms. The number of aromatic nitrogens is 2. The smallest absolute Gasteiger partial charge is 0.396 e. The van der Waals surface area contributed by atoms with Gasteiger partial charge in [0.15, 0.2) is 5.69 Å². The van der Waals surface area contributed by atoms with Crippen molar-refractivity contribution in [2.75, 3.05) is 6.61 Å². The van der Waals surface area contributed by atoms with Crippen molar-refractivity contribution in [1.82, 2.24) is 10.2 Å². The molecule has 0 radical (unpaired) electrons. The Morgan fingerprint density at radius 2 is 2.08 bits per heavy atom. The summed E-state index contributed by atoms with van der Waals surface area (Å²) in [6.07, 6.45) is -4.48. The average molecular weight is 194 g/mol. The van der Waals surface area contributed by atoms with E-state index in [2.05, 4.69) is 10.2 Å². The Kier molecular flexibility index (Phi) is 2.60. The third-order valence-corrected chi connectivity index (χ3v) is 1.70. The van der Waals surface area contributed by atoms with Crippen molar-refractivity contribution in [1.29, 1.82) is 0 Å². The summed E-state index contributed by atoms with van der Waals surface area (Å²) in [5.74, 6) is 0. The number of aliphatic hydroxyl groups excluding tert-OH is 1. The standard InChI is InChI=1S/C7H9F3N2O/c1-4-5(2-3-13)6(12-11-4)7(8,9)10/h13H,2-3H2,1H3,(H,11,12). The Morgan fingerprint density at radius 1 is 1.46 bits per heavy atom. The number of rotatable bonds is 2. The van der Waals surface area contributed by atoms with Crippen LogP contribution in [0.5, 0.6) is 0 Å². The van der Waals surface area contributed by atoms with Gasteiger partial charge in [-0.05, 0) is 13.3 Å². The second kappa shape index (κ2) is 3.37. The fourth-order valence-electron chi connectivity index (χ4n) is 1.10. The van der Waals surface area contributed by atoms with Crippen molar-refractivity contribution in [3.63, 3.8) is 0 Å². The number of H-pyrrole nitrogens is 1. The topological polar surface area (TPSA) is 48.9 Å². The van der Waals surface area contributed by atoms with Crippen LogP contribution < -0.4 is 0 Å². The summed E-state index contributed by atoms with van der Waals surface area (Å²) in [5, 5.41) is 13.9. The van der Waals surface area contributed by atoms with Crippen molar-refractivity contribution < 1.29 is 18.3 Å². The fourth-order valence-corrected chi connectivity index (χ4v) is 1.10. The molecule has 0 fully saturated rings. The Bertz CT molecular complexity index is 292. The maximum absolute atomic E-state index is 12.2. The Morgan fingerprint density at radius 3 is 2.54 bits per heavy atom. The van der Waals surface area contributed by atoms with Gasteiger partial charge < -0.3 is 5.11 Å². The van der Waals surface area contributed by atoms with Crippen LogP contribution in [-0.2, 0) is 12.6 Å². The van der Waals surface area contributed by atoms with E-state index in [0.717, 1.165) is 0 Å². The quantitative estimate of drug-likeness (QED) is 0.744. The van der Waals surface area contributed by atoms with Gasteiger partial charge >= 0.3 is 6.18 Å². The normalized spacial score (nSPS) is 12.1. The van der Waals surface area contributed by atoms with Crippen LogP contribution in [0.15, 0.2) is 0 Å². The highest BCUT2D eigenvalue weighted by atomic mass is 19.4. The van der Waals surface area contributed by atoms with Gasteiger partial charge in [-0.15, -0.1) is 0 Å². The fraction of sp³-hybridized carbons (Fsp3) is 0.571. The lowest BCUT2D eigenvalue weighted by atomic mass is 10.1. The summed E-state index contributed by atoms with van der Waals surface area (Å²) in [6.45, 7) is 1.18. The van der Waals surface area contributed by atoms with Crippen LogP contribution in [0.1, 0.15) is 17.0 Å². The van der Waals surface area contributed by atoms with Crippen LogP contribution in [0, 0.1) is 6.92 Å². The number of aryl methyl sites for hydroxylation is 1. The minimum atomic E-state index is -4.45. The molecule has 0 aliphatic heterocycles. The molecule has 74 valence electrons. The van der Waals surface area contributed by atoms with E-state index in [4.69, 9.17) is 5.11 Å². The molecule has 1 heterocycles. The number of halogens is 3. The van der Waals surface area contributed by atoms with Gasteiger partial charge in [-0.25, -0.2) is 0 Å². The SMILES string of the molecule is Cc1[nH]nc(C(F)(F)F)c1CCO. The van der Waals surface area contributed by atoms with Crippen LogP contribution in [0.25, 0.3) is 0 Å². The predicted octanol–water partition coefficient (Wildman–Crippen LogP) is 1.27. The molecule has 1 aromatic rings. The van der Waals surface area contributed by atoms with Gasteiger partial charge in [0.05, 0.1) is 0 Å². The number of nitrogens with zero attached hydrogens (tertiary/aromatic N) is 1. The van der Waals surface area contributed by atoms with Crippen molar-refractivity contribution in [2.45, 2.75) is 19.5 Å². The highest BCUT2D eigenvalue weighted by molar-refractivity contribution is 5.26. The molecule has 0 atom stereocenters. The summed E-state index contributed by atoms with van der Waals surface area (Å²) >= 11 is 0. The van der Waals surface area contributed by atoms with E-state index in [1.54, 1.807) is 0 Å². The van der Waals surface area contributed by atoms with E-state index in [0.29, 0.717) is 5.69 Å². The number of hydrogen-bond donors (Lipinski definition) is 2.